The van der Waals surface area contributed by atoms with Crippen LogP contribution in [0.5, 0.6) is 5.75 Å². The highest BCUT2D eigenvalue weighted by molar-refractivity contribution is 5.59. The van der Waals surface area contributed by atoms with Gasteiger partial charge in [0.2, 0.25) is 0 Å². The number of alkyl halides is 3. The summed E-state index contributed by atoms with van der Waals surface area (Å²) in [6.07, 6.45) is 2.73. The van der Waals surface area contributed by atoms with E-state index < -0.39 is 11.7 Å². The predicted octanol–water partition coefficient (Wildman–Crippen LogP) is 3.93. The molecule has 1 fully saturated rings. The average Bonchev–Trinajstić information content (AvgIpc) is 3.26. The second kappa shape index (κ2) is 7.90. The van der Waals surface area contributed by atoms with E-state index in [2.05, 4.69) is 15.0 Å². The Hall–Kier alpha value is -2.35. The van der Waals surface area contributed by atoms with Crippen LogP contribution in [0.15, 0.2) is 30.6 Å². The Kier molecular flexibility index (Phi) is 5.61. The number of allylic oxidation sites excluding steroid dienone is 1. The van der Waals surface area contributed by atoms with Crippen molar-refractivity contribution in [3.8, 4) is 17.1 Å². The van der Waals surface area contributed by atoms with Crippen LogP contribution < -0.4 is 4.74 Å². The van der Waals surface area contributed by atoms with E-state index in [1.807, 2.05) is 6.92 Å². The molecule has 0 amide bonds. The molecule has 140 valence electrons. The van der Waals surface area contributed by atoms with E-state index in [1.165, 1.54) is 11.0 Å². The lowest BCUT2D eigenvalue weighted by atomic mass is 10.1. The average molecular weight is 366 g/mol. The lowest BCUT2D eigenvalue weighted by Gasteiger charge is -2.16. The smallest absolute Gasteiger partial charge is 0.416 e. The summed E-state index contributed by atoms with van der Waals surface area (Å²) in [4.78, 5) is 6.33. The van der Waals surface area contributed by atoms with Crippen LogP contribution in [0.25, 0.3) is 17.6 Å². The molecule has 5 nitrogen and oxygen atoms in total. The van der Waals surface area contributed by atoms with Crippen molar-refractivity contribution in [2.45, 2.75) is 25.9 Å². The number of benzene rings is 1. The highest BCUT2D eigenvalue weighted by Crippen LogP contribution is 2.35. The Labute approximate surface area is 150 Å². The Morgan fingerprint density at radius 1 is 1.19 bits per heavy atom. The van der Waals surface area contributed by atoms with Crippen LogP contribution in [0, 0.1) is 0 Å². The lowest BCUT2D eigenvalue weighted by molar-refractivity contribution is -0.137. The molecule has 3 rings (SSSR count). The molecular weight excluding hydrogens is 345 g/mol. The van der Waals surface area contributed by atoms with Gasteiger partial charge in [-0.15, -0.1) is 5.10 Å². The number of hydrogen-bond donors (Lipinski definition) is 0. The van der Waals surface area contributed by atoms with E-state index in [1.54, 1.807) is 18.3 Å². The molecule has 0 aliphatic carbocycles. The van der Waals surface area contributed by atoms with Gasteiger partial charge in [0.05, 0.1) is 5.56 Å². The van der Waals surface area contributed by atoms with Crippen molar-refractivity contribution < 1.29 is 17.9 Å². The number of rotatable bonds is 6. The van der Waals surface area contributed by atoms with E-state index in [4.69, 9.17) is 4.74 Å². The molecule has 2 heterocycles. The van der Waals surface area contributed by atoms with Crippen LogP contribution in [-0.2, 0) is 6.18 Å². The van der Waals surface area contributed by atoms with Crippen LogP contribution in [-0.4, -0.2) is 45.9 Å². The van der Waals surface area contributed by atoms with E-state index in [9.17, 15) is 13.2 Å². The Morgan fingerprint density at radius 2 is 1.96 bits per heavy atom. The first-order valence-electron chi connectivity index (χ1n) is 8.57. The third-order valence-corrected chi connectivity index (χ3v) is 4.18. The summed E-state index contributed by atoms with van der Waals surface area (Å²) in [5.74, 6) is 0.398. The minimum atomic E-state index is -4.46. The normalized spacial score (nSPS) is 15.8. The third-order valence-electron chi connectivity index (χ3n) is 4.18. The van der Waals surface area contributed by atoms with Crippen molar-refractivity contribution in [2.24, 2.45) is 0 Å². The first kappa shape index (κ1) is 18.4. The fourth-order valence-electron chi connectivity index (χ4n) is 2.91. The zero-order valence-electron chi connectivity index (χ0n) is 14.5. The Balaban J connectivity index is 1.80. The molecule has 26 heavy (non-hydrogen) atoms. The van der Waals surface area contributed by atoms with Gasteiger partial charge in [0.25, 0.3) is 0 Å². The van der Waals surface area contributed by atoms with Gasteiger partial charge in [-0.3, -0.25) is 4.90 Å². The lowest BCUT2D eigenvalue weighted by Crippen LogP contribution is -2.25. The minimum Gasteiger partial charge on any atom is -0.492 e. The zero-order valence-corrected chi connectivity index (χ0v) is 14.5. The van der Waals surface area contributed by atoms with Gasteiger partial charge in [0.15, 0.2) is 5.82 Å². The molecule has 8 heteroatoms. The molecule has 1 saturated heterocycles. The van der Waals surface area contributed by atoms with E-state index in [-0.39, 0.29) is 17.1 Å². The summed E-state index contributed by atoms with van der Waals surface area (Å²) in [5.41, 5.74) is -0.493. The maximum Gasteiger partial charge on any atom is 0.416 e. The second-order valence-electron chi connectivity index (χ2n) is 6.17. The van der Waals surface area contributed by atoms with Crippen LogP contribution in [0.3, 0.4) is 0 Å². The summed E-state index contributed by atoms with van der Waals surface area (Å²) < 4.78 is 46.8. The molecule has 0 saturated carbocycles. The van der Waals surface area contributed by atoms with Crippen molar-refractivity contribution >= 4 is 6.20 Å². The molecule has 0 N–H and O–H groups in total. The Morgan fingerprint density at radius 3 is 2.65 bits per heavy atom. The molecular formula is C18H21F3N4O. The molecule has 1 aliphatic rings. The summed E-state index contributed by atoms with van der Waals surface area (Å²) >= 11 is 0. The van der Waals surface area contributed by atoms with Gasteiger partial charge >= 0.3 is 6.18 Å². The third kappa shape index (κ3) is 4.63. The van der Waals surface area contributed by atoms with E-state index in [0.717, 1.165) is 38.1 Å². The summed E-state index contributed by atoms with van der Waals surface area (Å²) in [7, 11) is 0. The Bertz CT molecular complexity index is 764. The van der Waals surface area contributed by atoms with Crippen LogP contribution in [0.1, 0.15) is 25.3 Å². The summed E-state index contributed by atoms with van der Waals surface area (Å²) in [6, 6.07) is 3.62. The first-order chi connectivity index (χ1) is 12.5. The number of ether oxygens (including phenoxy) is 1. The highest BCUT2D eigenvalue weighted by atomic mass is 19.4. The summed E-state index contributed by atoms with van der Waals surface area (Å²) in [5, 5.41) is 4.17. The molecule has 0 bridgehead atoms. The van der Waals surface area contributed by atoms with E-state index in [0.29, 0.717) is 13.2 Å². The fraction of sp³-hybridized carbons (Fsp3) is 0.444. The maximum atomic E-state index is 13.2. The van der Waals surface area contributed by atoms with Gasteiger partial charge in [-0.05, 0) is 51.1 Å². The number of aromatic nitrogens is 3. The van der Waals surface area contributed by atoms with Crippen LogP contribution >= 0.6 is 0 Å². The molecule has 1 aromatic carbocycles. The van der Waals surface area contributed by atoms with E-state index >= 15 is 0 Å². The molecule has 1 aromatic heterocycles. The zero-order chi connectivity index (χ0) is 18.6. The van der Waals surface area contributed by atoms with Crippen molar-refractivity contribution in [2.75, 3.05) is 26.2 Å². The molecule has 0 spiro atoms. The SMILES string of the molecule is C/C=C\n1cnc(-c2cc(OCCN3CCCC3)cc(C(F)(F)F)c2)n1. The van der Waals surface area contributed by atoms with Gasteiger partial charge in [0, 0.05) is 18.3 Å². The van der Waals surface area contributed by atoms with Gasteiger partial charge in [-0.25, -0.2) is 9.67 Å². The minimum absolute atomic E-state index is 0.177. The fourth-order valence-corrected chi connectivity index (χ4v) is 2.91. The quantitative estimate of drug-likeness (QED) is 0.777. The van der Waals surface area contributed by atoms with Gasteiger partial charge in [-0.1, -0.05) is 6.08 Å². The van der Waals surface area contributed by atoms with Gasteiger partial charge in [-0.2, -0.15) is 13.2 Å². The standard InChI is InChI=1S/C18H21F3N4O/c1-2-5-25-13-22-17(23-25)14-10-15(18(19,20)21)12-16(11-14)26-9-8-24-6-3-4-7-24/h2,5,10-13H,3-4,6-9H2,1H3/b5-2-. The number of likely N-dealkylation sites (tertiary alicyclic amines) is 1. The summed E-state index contributed by atoms with van der Waals surface area (Å²) in [6.45, 7) is 4.91. The highest BCUT2D eigenvalue weighted by Gasteiger charge is 2.32. The number of hydrogen-bond acceptors (Lipinski definition) is 4. The van der Waals surface area contributed by atoms with Crippen LogP contribution in [0.4, 0.5) is 13.2 Å². The number of halogens is 3. The van der Waals surface area contributed by atoms with Crippen molar-refractivity contribution in [1.29, 1.82) is 0 Å². The second-order valence-corrected chi connectivity index (χ2v) is 6.17. The largest absolute Gasteiger partial charge is 0.492 e. The topological polar surface area (TPSA) is 43.2 Å². The number of nitrogens with zero attached hydrogens (tertiary/aromatic N) is 4. The van der Waals surface area contributed by atoms with Gasteiger partial charge < -0.3 is 4.74 Å². The van der Waals surface area contributed by atoms with Crippen LogP contribution in [0.2, 0.25) is 0 Å². The molecule has 0 atom stereocenters. The van der Waals surface area contributed by atoms with Crippen molar-refractivity contribution in [3.63, 3.8) is 0 Å². The monoisotopic (exact) mass is 366 g/mol. The van der Waals surface area contributed by atoms with Gasteiger partial charge in [0.1, 0.15) is 18.7 Å². The first-order valence-corrected chi connectivity index (χ1v) is 8.57. The van der Waals surface area contributed by atoms with Crippen molar-refractivity contribution in [3.05, 3.63) is 36.2 Å². The molecule has 0 radical (unpaired) electrons. The molecule has 1 aliphatic heterocycles. The predicted molar refractivity (Wildman–Crippen MR) is 92.6 cm³/mol. The molecule has 2 aromatic rings. The molecule has 0 unspecified atom stereocenters. The maximum absolute atomic E-state index is 13.2. The van der Waals surface area contributed by atoms with Crippen molar-refractivity contribution in [1.82, 2.24) is 19.7 Å².